The van der Waals surface area contributed by atoms with E-state index in [9.17, 15) is 9.59 Å². The Balaban J connectivity index is 2.38. The molecule has 0 heterocycles. The Morgan fingerprint density at radius 1 is 1.07 bits per heavy atom. The number of ether oxygens (including phenoxy) is 1. The highest BCUT2D eigenvalue weighted by Gasteiger charge is 2.30. The number of rotatable bonds is 3. The molecule has 2 aromatic rings. The summed E-state index contributed by atoms with van der Waals surface area (Å²) < 4.78 is 5.26. The number of nitrogens with one attached hydrogen (secondary N) is 1. The molecule has 27 heavy (non-hydrogen) atoms. The van der Waals surface area contributed by atoms with E-state index in [1.54, 1.807) is 31.2 Å². The Morgan fingerprint density at radius 2 is 1.67 bits per heavy atom. The number of nitrogens with zero attached hydrogens (tertiary/aromatic N) is 1. The number of hydrogen-bond donors (Lipinski definition) is 1. The predicted octanol–water partition coefficient (Wildman–Crippen LogP) is 4.90. The molecule has 0 saturated carbocycles. The third kappa shape index (κ3) is 4.93. The molecule has 0 bridgehead atoms. The molecule has 0 radical (unpaired) electrons. The summed E-state index contributed by atoms with van der Waals surface area (Å²) in [6.45, 7) is 7.23. The van der Waals surface area contributed by atoms with Gasteiger partial charge in [-0.05, 0) is 58.0 Å². The van der Waals surface area contributed by atoms with Gasteiger partial charge in [0, 0.05) is 26.7 Å². The average molecular weight is 409 g/mol. The van der Waals surface area contributed by atoms with E-state index in [0.29, 0.717) is 26.9 Å². The molecule has 5 nitrogen and oxygen atoms in total. The van der Waals surface area contributed by atoms with Crippen LogP contribution in [0.1, 0.15) is 47.1 Å². The van der Waals surface area contributed by atoms with Gasteiger partial charge in [-0.3, -0.25) is 15.0 Å². The van der Waals surface area contributed by atoms with Gasteiger partial charge in [0.1, 0.15) is 5.75 Å². The Labute approximate surface area is 169 Å². The third-order valence-corrected chi connectivity index (χ3v) is 4.38. The lowest BCUT2D eigenvalue weighted by atomic mass is 10.1. The van der Waals surface area contributed by atoms with E-state index in [-0.39, 0.29) is 5.56 Å². The first-order chi connectivity index (χ1) is 12.5. The first-order valence-corrected chi connectivity index (χ1v) is 9.05. The average Bonchev–Trinajstić information content (AvgIpc) is 2.57. The van der Waals surface area contributed by atoms with Crippen molar-refractivity contribution in [3.8, 4) is 5.75 Å². The van der Waals surface area contributed by atoms with Crippen LogP contribution in [0.2, 0.25) is 10.0 Å². The number of halogens is 2. The quantitative estimate of drug-likeness (QED) is 0.734. The second-order valence-electron chi connectivity index (χ2n) is 7.04. The number of carbonyl (C=O) groups excluding carboxylic acids is 2. The lowest BCUT2D eigenvalue weighted by molar-refractivity contribution is 0.0358. The summed E-state index contributed by atoms with van der Waals surface area (Å²) in [5.41, 5.74) is 3.40. The molecule has 0 saturated heterocycles. The Hall–Kier alpha value is -2.24. The van der Waals surface area contributed by atoms with Crippen molar-refractivity contribution in [1.82, 2.24) is 10.4 Å². The summed E-state index contributed by atoms with van der Waals surface area (Å²) in [5.74, 6) is -0.235. The molecule has 0 aliphatic heterocycles. The summed E-state index contributed by atoms with van der Waals surface area (Å²) >= 11 is 12.0. The maximum Gasteiger partial charge on any atom is 0.272 e. The van der Waals surface area contributed by atoms with E-state index in [0.717, 1.165) is 0 Å². The molecule has 7 heteroatoms. The van der Waals surface area contributed by atoms with Crippen LogP contribution in [0.5, 0.6) is 5.75 Å². The van der Waals surface area contributed by atoms with Crippen LogP contribution in [0.3, 0.4) is 0 Å². The number of hydrazine groups is 1. The minimum atomic E-state index is -0.686. The van der Waals surface area contributed by atoms with Gasteiger partial charge in [-0.15, -0.1) is 0 Å². The molecule has 0 unspecified atom stereocenters. The lowest BCUT2D eigenvalue weighted by Crippen LogP contribution is -2.56. The second kappa shape index (κ2) is 8.19. The fourth-order valence-corrected chi connectivity index (χ4v) is 3.10. The van der Waals surface area contributed by atoms with Crippen molar-refractivity contribution in [2.75, 3.05) is 7.11 Å². The first-order valence-electron chi connectivity index (χ1n) is 8.30. The van der Waals surface area contributed by atoms with E-state index in [1.165, 1.54) is 24.3 Å². The third-order valence-electron chi connectivity index (χ3n) is 3.95. The maximum atomic E-state index is 13.0. The molecule has 0 aliphatic carbocycles. The standard InChI is InChI=1S/C20H22Cl2N2O3/c1-12-16(7-6-8-17(12)27-5)18(25)23-24(20(2,3)4)19(26)13-9-14(21)11-15(22)10-13/h6-11H,1-5H3,(H,23,25). The zero-order chi connectivity index (χ0) is 20.4. The van der Waals surface area contributed by atoms with Crippen molar-refractivity contribution in [2.45, 2.75) is 33.2 Å². The predicted molar refractivity (Wildman–Crippen MR) is 108 cm³/mol. The molecule has 144 valence electrons. The van der Waals surface area contributed by atoms with E-state index in [4.69, 9.17) is 27.9 Å². The smallest absolute Gasteiger partial charge is 0.272 e. The van der Waals surface area contributed by atoms with Gasteiger partial charge in [0.2, 0.25) is 0 Å². The van der Waals surface area contributed by atoms with Crippen LogP contribution >= 0.6 is 23.2 Å². The lowest BCUT2D eigenvalue weighted by Gasteiger charge is -2.35. The molecular formula is C20H22Cl2N2O3. The van der Waals surface area contributed by atoms with Gasteiger partial charge >= 0.3 is 0 Å². The molecule has 0 spiro atoms. The van der Waals surface area contributed by atoms with Crippen LogP contribution < -0.4 is 10.2 Å². The van der Waals surface area contributed by atoms with Crippen molar-refractivity contribution in [1.29, 1.82) is 0 Å². The molecular weight excluding hydrogens is 387 g/mol. The summed E-state index contributed by atoms with van der Waals surface area (Å²) in [4.78, 5) is 25.9. The van der Waals surface area contributed by atoms with E-state index in [2.05, 4.69) is 5.43 Å². The van der Waals surface area contributed by atoms with Gasteiger partial charge in [0.25, 0.3) is 11.8 Å². The number of benzene rings is 2. The fraction of sp³-hybridized carbons (Fsp3) is 0.300. The van der Waals surface area contributed by atoms with E-state index in [1.807, 2.05) is 20.8 Å². The van der Waals surface area contributed by atoms with Crippen molar-refractivity contribution >= 4 is 35.0 Å². The van der Waals surface area contributed by atoms with Crippen LogP contribution in [0, 0.1) is 6.92 Å². The molecule has 0 fully saturated rings. The number of hydrogen-bond acceptors (Lipinski definition) is 3. The van der Waals surface area contributed by atoms with Gasteiger partial charge in [0.15, 0.2) is 0 Å². The molecule has 2 amide bonds. The summed E-state index contributed by atoms with van der Waals surface area (Å²) in [6, 6.07) is 9.73. The van der Waals surface area contributed by atoms with Crippen LogP contribution in [-0.2, 0) is 0 Å². The fourth-order valence-electron chi connectivity index (χ4n) is 2.57. The van der Waals surface area contributed by atoms with Crippen molar-refractivity contribution < 1.29 is 14.3 Å². The first kappa shape index (κ1) is 21.1. The van der Waals surface area contributed by atoms with Crippen LogP contribution in [0.25, 0.3) is 0 Å². The highest BCUT2D eigenvalue weighted by molar-refractivity contribution is 6.35. The van der Waals surface area contributed by atoms with Crippen molar-refractivity contribution in [2.24, 2.45) is 0 Å². The van der Waals surface area contributed by atoms with Crippen LogP contribution in [0.15, 0.2) is 36.4 Å². The van der Waals surface area contributed by atoms with Gasteiger partial charge < -0.3 is 4.74 Å². The number of carbonyl (C=O) groups is 2. The Kier molecular flexibility index (Phi) is 6.39. The summed E-state index contributed by atoms with van der Waals surface area (Å²) in [7, 11) is 1.54. The molecule has 2 aromatic carbocycles. The molecule has 1 N–H and O–H groups in total. The SMILES string of the molecule is COc1cccc(C(=O)NN(C(=O)c2cc(Cl)cc(Cl)c2)C(C)(C)C)c1C. The second-order valence-corrected chi connectivity index (χ2v) is 7.92. The maximum absolute atomic E-state index is 13.0. The Bertz CT molecular complexity index is 856. The molecule has 0 atom stereocenters. The van der Waals surface area contributed by atoms with Crippen molar-refractivity contribution in [3.05, 3.63) is 63.1 Å². The van der Waals surface area contributed by atoms with Gasteiger partial charge in [-0.1, -0.05) is 29.3 Å². The highest BCUT2D eigenvalue weighted by atomic mass is 35.5. The minimum Gasteiger partial charge on any atom is -0.496 e. The van der Waals surface area contributed by atoms with Gasteiger partial charge in [-0.25, -0.2) is 5.01 Å². The summed E-state index contributed by atoms with van der Waals surface area (Å²) in [5, 5.41) is 1.96. The summed E-state index contributed by atoms with van der Waals surface area (Å²) in [6.07, 6.45) is 0. The Morgan fingerprint density at radius 3 is 2.19 bits per heavy atom. The number of methoxy groups -OCH3 is 1. The number of amides is 2. The van der Waals surface area contributed by atoms with Gasteiger partial charge in [0.05, 0.1) is 12.6 Å². The highest BCUT2D eigenvalue weighted by Crippen LogP contribution is 2.24. The van der Waals surface area contributed by atoms with E-state index >= 15 is 0 Å². The van der Waals surface area contributed by atoms with Crippen LogP contribution in [0.4, 0.5) is 0 Å². The van der Waals surface area contributed by atoms with Gasteiger partial charge in [-0.2, -0.15) is 0 Å². The topological polar surface area (TPSA) is 58.6 Å². The largest absolute Gasteiger partial charge is 0.496 e. The zero-order valence-electron chi connectivity index (χ0n) is 15.9. The minimum absolute atomic E-state index is 0.282. The monoisotopic (exact) mass is 408 g/mol. The normalized spacial score (nSPS) is 11.1. The molecule has 0 aromatic heterocycles. The van der Waals surface area contributed by atoms with Crippen molar-refractivity contribution in [3.63, 3.8) is 0 Å². The molecule has 2 rings (SSSR count). The zero-order valence-corrected chi connectivity index (χ0v) is 17.4. The van der Waals surface area contributed by atoms with Crippen LogP contribution in [-0.4, -0.2) is 29.5 Å². The van der Waals surface area contributed by atoms with E-state index < -0.39 is 17.4 Å². The molecule has 0 aliphatic rings.